The molecular formula is C29H32N2O. The number of rotatable bonds is 5. The summed E-state index contributed by atoms with van der Waals surface area (Å²) in [6.45, 7) is 1.93. The van der Waals surface area contributed by atoms with E-state index >= 15 is 0 Å². The summed E-state index contributed by atoms with van der Waals surface area (Å²) in [5.74, 6) is 2.71. The quantitative estimate of drug-likeness (QED) is 0.407. The number of benzene rings is 3. The van der Waals surface area contributed by atoms with Gasteiger partial charge in [0.05, 0.1) is 7.11 Å². The molecule has 0 radical (unpaired) electrons. The van der Waals surface area contributed by atoms with Crippen LogP contribution in [0, 0.1) is 17.2 Å². The van der Waals surface area contributed by atoms with E-state index in [1.165, 1.54) is 30.4 Å². The van der Waals surface area contributed by atoms with Crippen LogP contribution in [-0.4, -0.2) is 30.9 Å². The zero-order chi connectivity index (χ0) is 22.0. The average molecular weight is 425 g/mol. The Morgan fingerprint density at radius 3 is 2.19 bits per heavy atom. The Balaban J connectivity index is 1.47. The first-order valence-corrected chi connectivity index (χ1v) is 11.8. The van der Waals surface area contributed by atoms with E-state index in [4.69, 9.17) is 10.1 Å². The minimum absolute atomic E-state index is 0.0188. The van der Waals surface area contributed by atoms with Gasteiger partial charge in [-0.05, 0) is 41.9 Å². The van der Waals surface area contributed by atoms with Crippen LogP contribution in [0.4, 0.5) is 0 Å². The summed E-state index contributed by atoms with van der Waals surface area (Å²) in [5, 5.41) is 8.95. The molecule has 1 aliphatic carbocycles. The van der Waals surface area contributed by atoms with E-state index in [-0.39, 0.29) is 5.41 Å². The van der Waals surface area contributed by atoms with Crippen LogP contribution in [0.15, 0.2) is 84.9 Å². The molecule has 1 saturated carbocycles. The van der Waals surface area contributed by atoms with Crippen LogP contribution in [0.1, 0.15) is 36.0 Å². The molecule has 1 heterocycles. The van der Waals surface area contributed by atoms with Crippen LogP contribution < -0.4 is 4.74 Å². The summed E-state index contributed by atoms with van der Waals surface area (Å²) < 4.78 is 5.54. The lowest BCUT2D eigenvalue weighted by Gasteiger charge is -2.46. The Kier molecular flexibility index (Phi) is 5.73. The van der Waals surface area contributed by atoms with Gasteiger partial charge in [0, 0.05) is 30.5 Å². The topological polar surface area (TPSA) is 36.3 Å². The zero-order valence-electron chi connectivity index (χ0n) is 18.8. The SMILES string of the molecule is COc1ccccc1CC(=N)N1C[C@@H]2CCCC(c3ccccc3)(c3ccccc3)[C@@H]2C1. The predicted octanol–water partition coefficient (Wildman–Crippen LogP) is 5.93. The number of ether oxygens (including phenoxy) is 1. The normalized spacial score (nSPS) is 21.7. The average Bonchev–Trinajstić information content (AvgIpc) is 3.31. The van der Waals surface area contributed by atoms with Gasteiger partial charge >= 0.3 is 0 Å². The largest absolute Gasteiger partial charge is 0.496 e. The molecule has 1 saturated heterocycles. The number of amidine groups is 1. The smallest absolute Gasteiger partial charge is 0.122 e. The fraction of sp³-hybridized carbons (Fsp3) is 0.345. The van der Waals surface area contributed by atoms with E-state index in [0.29, 0.717) is 24.1 Å². The van der Waals surface area contributed by atoms with Gasteiger partial charge in [0.1, 0.15) is 11.6 Å². The minimum atomic E-state index is 0.0188. The molecule has 0 amide bonds. The standard InChI is InChI=1S/C29H32N2O/c1-32-27-17-9-8-11-22(27)19-28(30)31-20-23-12-10-18-29(26(23)21-31,24-13-4-2-5-14-24)25-15-6-3-7-16-25/h2-9,11,13-17,23,26,30H,10,12,18-21H2,1H3/t23-,26+/m0/s1. The summed E-state index contributed by atoms with van der Waals surface area (Å²) in [6, 6.07) is 30.3. The van der Waals surface area contributed by atoms with Crippen molar-refractivity contribution < 1.29 is 4.74 Å². The van der Waals surface area contributed by atoms with Crippen molar-refractivity contribution in [2.45, 2.75) is 31.1 Å². The van der Waals surface area contributed by atoms with E-state index in [1.807, 2.05) is 18.2 Å². The Morgan fingerprint density at radius 1 is 0.906 bits per heavy atom. The number of hydrogen-bond acceptors (Lipinski definition) is 2. The molecule has 2 atom stereocenters. The van der Waals surface area contributed by atoms with E-state index in [9.17, 15) is 0 Å². The molecule has 3 aromatic carbocycles. The fourth-order valence-corrected chi connectivity index (χ4v) is 6.27. The maximum Gasteiger partial charge on any atom is 0.122 e. The molecule has 1 aliphatic heterocycles. The Bertz CT molecular complexity index is 1020. The molecule has 3 heteroatoms. The van der Waals surface area contributed by atoms with Crippen LogP contribution in [-0.2, 0) is 11.8 Å². The zero-order valence-corrected chi connectivity index (χ0v) is 18.8. The first-order valence-electron chi connectivity index (χ1n) is 11.8. The fourth-order valence-electron chi connectivity index (χ4n) is 6.27. The molecule has 164 valence electrons. The van der Waals surface area contributed by atoms with Crippen molar-refractivity contribution in [2.75, 3.05) is 20.2 Å². The molecule has 3 aromatic rings. The van der Waals surface area contributed by atoms with Crippen molar-refractivity contribution in [3.8, 4) is 5.75 Å². The van der Waals surface area contributed by atoms with Crippen molar-refractivity contribution in [1.82, 2.24) is 4.90 Å². The van der Waals surface area contributed by atoms with Gasteiger partial charge in [-0.25, -0.2) is 0 Å². The van der Waals surface area contributed by atoms with E-state index in [2.05, 4.69) is 71.6 Å². The molecule has 1 N–H and O–H groups in total. The van der Waals surface area contributed by atoms with Gasteiger partial charge < -0.3 is 9.64 Å². The molecule has 0 unspecified atom stereocenters. The highest BCUT2D eigenvalue weighted by Crippen LogP contribution is 2.53. The van der Waals surface area contributed by atoms with Gasteiger partial charge in [0.25, 0.3) is 0 Å². The number of nitrogens with one attached hydrogen (secondary N) is 1. The van der Waals surface area contributed by atoms with E-state index in [0.717, 1.165) is 24.4 Å². The second-order valence-electron chi connectivity index (χ2n) is 9.30. The summed E-state index contributed by atoms with van der Waals surface area (Å²) in [6.07, 6.45) is 4.28. The Hall–Kier alpha value is -3.07. The van der Waals surface area contributed by atoms with Gasteiger partial charge in [-0.3, -0.25) is 5.41 Å². The number of likely N-dealkylation sites (tertiary alicyclic amines) is 1. The predicted molar refractivity (Wildman–Crippen MR) is 130 cm³/mol. The molecular weight excluding hydrogens is 392 g/mol. The Morgan fingerprint density at radius 2 is 1.53 bits per heavy atom. The molecule has 32 heavy (non-hydrogen) atoms. The molecule has 0 aromatic heterocycles. The van der Waals surface area contributed by atoms with E-state index < -0.39 is 0 Å². The third-order valence-corrected chi connectivity index (χ3v) is 7.73. The highest BCUT2D eigenvalue weighted by Gasteiger charge is 2.51. The summed E-state index contributed by atoms with van der Waals surface area (Å²) in [5.41, 5.74) is 3.97. The molecule has 5 rings (SSSR count). The van der Waals surface area contributed by atoms with Crippen molar-refractivity contribution in [3.63, 3.8) is 0 Å². The molecule has 0 spiro atoms. The molecule has 0 bridgehead atoms. The maximum absolute atomic E-state index is 8.95. The second kappa shape index (κ2) is 8.82. The Labute approximate surface area is 191 Å². The van der Waals surface area contributed by atoms with Gasteiger partial charge in [0.15, 0.2) is 0 Å². The van der Waals surface area contributed by atoms with E-state index in [1.54, 1.807) is 7.11 Å². The number of methoxy groups -OCH3 is 1. The second-order valence-corrected chi connectivity index (χ2v) is 9.30. The van der Waals surface area contributed by atoms with Crippen molar-refractivity contribution in [1.29, 1.82) is 5.41 Å². The van der Waals surface area contributed by atoms with Crippen molar-refractivity contribution in [2.24, 2.45) is 11.8 Å². The highest BCUT2D eigenvalue weighted by molar-refractivity contribution is 5.82. The minimum Gasteiger partial charge on any atom is -0.496 e. The first kappa shape index (κ1) is 20.8. The van der Waals surface area contributed by atoms with Crippen molar-refractivity contribution in [3.05, 3.63) is 102 Å². The number of hydrogen-bond donors (Lipinski definition) is 1. The summed E-state index contributed by atoms with van der Waals surface area (Å²) >= 11 is 0. The van der Waals surface area contributed by atoms with Gasteiger partial charge in [0.2, 0.25) is 0 Å². The molecule has 3 nitrogen and oxygen atoms in total. The van der Waals surface area contributed by atoms with Crippen LogP contribution in [0.2, 0.25) is 0 Å². The first-order chi connectivity index (χ1) is 15.7. The number of para-hydroxylation sites is 1. The van der Waals surface area contributed by atoms with Crippen LogP contribution in [0.5, 0.6) is 5.75 Å². The number of nitrogens with zero attached hydrogens (tertiary/aromatic N) is 1. The third kappa shape index (κ3) is 3.60. The highest BCUT2D eigenvalue weighted by atomic mass is 16.5. The third-order valence-electron chi connectivity index (χ3n) is 7.73. The lowest BCUT2D eigenvalue weighted by atomic mass is 9.57. The van der Waals surface area contributed by atoms with Gasteiger partial charge in [-0.1, -0.05) is 85.3 Å². The summed E-state index contributed by atoms with van der Waals surface area (Å²) in [4.78, 5) is 2.34. The van der Waals surface area contributed by atoms with Gasteiger partial charge in [-0.15, -0.1) is 0 Å². The molecule has 2 fully saturated rings. The van der Waals surface area contributed by atoms with Crippen LogP contribution >= 0.6 is 0 Å². The number of fused-ring (bicyclic) bond motifs is 1. The maximum atomic E-state index is 8.95. The monoisotopic (exact) mass is 424 g/mol. The van der Waals surface area contributed by atoms with Crippen LogP contribution in [0.25, 0.3) is 0 Å². The van der Waals surface area contributed by atoms with Crippen molar-refractivity contribution >= 4 is 5.84 Å². The van der Waals surface area contributed by atoms with Gasteiger partial charge in [-0.2, -0.15) is 0 Å². The molecule has 2 aliphatic rings. The lowest BCUT2D eigenvalue weighted by molar-refractivity contribution is 0.188. The summed E-state index contributed by atoms with van der Waals surface area (Å²) in [7, 11) is 1.71. The lowest BCUT2D eigenvalue weighted by Crippen LogP contribution is -2.44. The van der Waals surface area contributed by atoms with Crippen LogP contribution in [0.3, 0.4) is 0 Å².